The molecule has 6 nitrogen and oxygen atoms in total. The number of hydrogen-bond acceptors (Lipinski definition) is 4. The van der Waals surface area contributed by atoms with Crippen LogP contribution in [0.1, 0.15) is 26.7 Å². The van der Waals surface area contributed by atoms with E-state index < -0.39 is 22.9 Å². The summed E-state index contributed by atoms with van der Waals surface area (Å²) in [6.07, 6.45) is 1.47. The van der Waals surface area contributed by atoms with E-state index in [9.17, 15) is 18.8 Å². The van der Waals surface area contributed by atoms with Gasteiger partial charge in [0.1, 0.15) is 16.8 Å². The molecule has 0 fully saturated rings. The van der Waals surface area contributed by atoms with Gasteiger partial charge < -0.3 is 16.0 Å². The number of benzene rings is 5. The number of hydrogen-bond donors (Lipinski definition) is 3. The van der Waals surface area contributed by atoms with Gasteiger partial charge in [-0.15, -0.1) is 11.8 Å². The van der Waals surface area contributed by atoms with Gasteiger partial charge in [0.25, 0.3) is 11.8 Å². The smallest absolute Gasteiger partial charge is 0.272 e. The highest BCUT2D eigenvalue weighted by atomic mass is 35.5. The van der Waals surface area contributed by atoms with E-state index in [-0.39, 0.29) is 11.6 Å². The standard InChI is InChI=1S/C36H26Cl2FN3O3S/c37-26-15-14-25(31(38)21-26)20-32(42-34(43)24-10-5-2-6-11-24)35(44)41-29-12-7-13-30(22-29)46-33(23-8-3-1-4-9-23)36(45)40-28-18-16-27(39)17-19-28/h1-22,33H,(H,40,45)(H,41,44)(H,42,43)/b32-20+. The zero-order chi connectivity index (χ0) is 32.5. The van der Waals surface area contributed by atoms with Gasteiger partial charge in [0.15, 0.2) is 0 Å². The van der Waals surface area contributed by atoms with E-state index in [1.165, 1.54) is 42.1 Å². The minimum atomic E-state index is -0.662. The van der Waals surface area contributed by atoms with Gasteiger partial charge in [-0.25, -0.2) is 4.39 Å². The van der Waals surface area contributed by atoms with Crippen molar-refractivity contribution in [1.29, 1.82) is 0 Å². The first-order valence-corrected chi connectivity index (χ1v) is 15.6. The summed E-state index contributed by atoms with van der Waals surface area (Å²) in [5.74, 6) is -1.77. The summed E-state index contributed by atoms with van der Waals surface area (Å²) in [6.45, 7) is 0. The Bertz CT molecular complexity index is 1890. The topological polar surface area (TPSA) is 87.3 Å². The number of halogens is 3. The average molecular weight is 671 g/mol. The summed E-state index contributed by atoms with van der Waals surface area (Å²) in [5, 5.41) is 8.44. The molecular formula is C36H26Cl2FN3O3S. The Balaban J connectivity index is 1.38. The van der Waals surface area contributed by atoms with E-state index in [0.29, 0.717) is 37.4 Å². The van der Waals surface area contributed by atoms with Crippen molar-refractivity contribution in [2.75, 3.05) is 10.6 Å². The van der Waals surface area contributed by atoms with Crippen LogP contribution in [0, 0.1) is 5.82 Å². The van der Waals surface area contributed by atoms with E-state index in [2.05, 4.69) is 16.0 Å². The van der Waals surface area contributed by atoms with Gasteiger partial charge >= 0.3 is 0 Å². The molecule has 1 unspecified atom stereocenters. The third-order valence-corrected chi connectivity index (χ3v) is 8.40. The van der Waals surface area contributed by atoms with Crippen LogP contribution in [0.5, 0.6) is 0 Å². The first kappa shape index (κ1) is 32.5. The molecule has 10 heteroatoms. The fourth-order valence-corrected chi connectivity index (χ4v) is 5.89. The molecule has 0 saturated heterocycles. The second kappa shape index (κ2) is 15.4. The number of carbonyl (C=O) groups excluding carboxylic acids is 3. The van der Waals surface area contributed by atoms with Crippen molar-refractivity contribution in [2.24, 2.45) is 0 Å². The van der Waals surface area contributed by atoms with Crippen molar-refractivity contribution < 1.29 is 18.8 Å². The number of anilines is 2. The Morgan fingerprint density at radius 1 is 0.717 bits per heavy atom. The zero-order valence-corrected chi connectivity index (χ0v) is 26.4. The quantitative estimate of drug-likeness (QED) is 0.102. The Morgan fingerprint density at radius 2 is 1.41 bits per heavy atom. The SMILES string of the molecule is O=C(Nc1cccc(SC(C(=O)Nc2ccc(F)cc2)c2ccccc2)c1)/C(=C\c1ccc(Cl)cc1Cl)NC(=O)c1ccccc1. The lowest BCUT2D eigenvalue weighted by molar-refractivity contribution is -0.116. The maximum Gasteiger partial charge on any atom is 0.272 e. The van der Waals surface area contributed by atoms with Gasteiger partial charge in [-0.05, 0) is 83.9 Å². The van der Waals surface area contributed by atoms with E-state index in [4.69, 9.17) is 23.2 Å². The molecule has 0 heterocycles. The number of rotatable bonds is 10. The Labute approximate surface area is 279 Å². The van der Waals surface area contributed by atoms with Crippen molar-refractivity contribution in [1.82, 2.24) is 5.32 Å². The first-order chi connectivity index (χ1) is 22.2. The maximum atomic E-state index is 13.6. The molecule has 46 heavy (non-hydrogen) atoms. The van der Waals surface area contributed by atoms with Crippen LogP contribution in [0.4, 0.5) is 15.8 Å². The molecule has 0 radical (unpaired) electrons. The molecule has 1 atom stereocenters. The fraction of sp³-hybridized carbons (Fsp3) is 0.0278. The number of carbonyl (C=O) groups is 3. The minimum absolute atomic E-state index is 0.0445. The Kier molecular flexibility index (Phi) is 10.9. The van der Waals surface area contributed by atoms with Crippen LogP contribution in [0.25, 0.3) is 6.08 Å². The first-order valence-electron chi connectivity index (χ1n) is 14.0. The summed E-state index contributed by atoms with van der Waals surface area (Å²) in [5.41, 5.74) is 2.46. The van der Waals surface area contributed by atoms with Crippen molar-refractivity contribution in [2.45, 2.75) is 10.1 Å². The minimum Gasteiger partial charge on any atom is -0.325 e. The number of nitrogens with one attached hydrogen (secondary N) is 3. The number of amides is 3. The average Bonchev–Trinajstić information content (AvgIpc) is 3.06. The van der Waals surface area contributed by atoms with Crippen molar-refractivity contribution in [3.63, 3.8) is 0 Å². The molecule has 0 spiro atoms. The molecule has 5 aromatic carbocycles. The lowest BCUT2D eigenvalue weighted by atomic mass is 10.1. The van der Waals surface area contributed by atoms with Gasteiger partial charge in [-0.3, -0.25) is 14.4 Å². The van der Waals surface area contributed by atoms with Crippen molar-refractivity contribution in [3.8, 4) is 0 Å². The third-order valence-electron chi connectivity index (χ3n) is 6.59. The highest BCUT2D eigenvalue weighted by Gasteiger charge is 2.23. The van der Waals surface area contributed by atoms with E-state index in [1.54, 1.807) is 66.7 Å². The van der Waals surface area contributed by atoms with Gasteiger partial charge in [-0.1, -0.05) is 83.9 Å². The predicted octanol–water partition coefficient (Wildman–Crippen LogP) is 9.01. The van der Waals surface area contributed by atoms with Crippen LogP contribution in [0.2, 0.25) is 10.0 Å². The van der Waals surface area contributed by atoms with Crippen LogP contribution in [0.15, 0.2) is 138 Å². The molecule has 0 aliphatic heterocycles. The van der Waals surface area contributed by atoms with Crippen LogP contribution < -0.4 is 16.0 Å². The molecule has 0 aromatic heterocycles. The fourth-order valence-electron chi connectivity index (χ4n) is 4.34. The molecular weight excluding hydrogens is 644 g/mol. The molecule has 3 N–H and O–H groups in total. The molecule has 0 saturated carbocycles. The van der Waals surface area contributed by atoms with Crippen molar-refractivity contribution in [3.05, 3.63) is 166 Å². The molecule has 0 bridgehead atoms. The maximum absolute atomic E-state index is 13.6. The molecule has 0 aliphatic rings. The van der Waals surface area contributed by atoms with Gasteiger partial charge in [-0.2, -0.15) is 0 Å². The van der Waals surface area contributed by atoms with Gasteiger partial charge in [0.2, 0.25) is 5.91 Å². The van der Waals surface area contributed by atoms with Crippen molar-refractivity contribution >= 4 is 70.1 Å². The molecule has 5 rings (SSSR count). The summed E-state index contributed by atoms with van der Waals surface area (Å²) in [4.78, 5) is 40.7. The summed E-state index contributed by atoms with van der Waals surface area (Å²) in [7, 11) is 0. The normalized spacial score (nSPS) is 11.8. The second-order valence-corrected chi connectivity index (χ2v) is 12.0. The van der Waals surface area contributed by atoms with E-state index in [1.807, 2.05) is 36.4 Å². The van der Waals surface area contributed by atoms with E-state index >= 15 is 0 Å². The number of thioether (sulfide) groups is 1. The van der Waals surface area contributed by atoms with E-state index in [0.717, 1.165) is 5.56 Å². The highest BCUT2D eigenvalue weighted by Crippen LogP contribution is 2.37. The summed E-state index contributed by atoms with van der Waals surface area (Å²) < 4.78 is 13.4. The van der Waals surface area contributed by atoms with Crippen LogP contribution in [0.3, 0.4) is 0 Å². The van der Waals surface area contributed by atoms with Crippen LogP contribution >= 0.6 is 35.0 Å². The Hall–Kier alpha value is -4.89. The molecule has 230 valence electrons. The highest BCUT2D eigenvalue weighted by molar-refractivity contribution is 8.00. The monoisotopic (exact) mass is 669 g/mol. The zero-order valence-electron chi connectivity index (χ0n) is 24.0. The third kappa shape index (κ3) is 8.85. The molecule has 0 aliphatic carbocycles. The van der Waals surface area contributed by atoms with Crippen LogP contribution in [-0.2, 0) is 9.59 Å². The second-order valence-electron chi connectivity index (χ2n) is 9.93. The summed E-state index contributed by atoms with van der Waals surface area (Å²) in [6, 6.07) is 35.1. The molecule has 5 aromatic rings. The van der Waals surface area contributed by atoms with Gasteiger partial charge in [0.05, 0.1) is 0 Å². The Morgan fingerprint density at radius 3 is 2.11 bits per heavy atom. The predicted molar refractivity (Wildman–Crippen MR) is 183 cm³/mol. The van der Waals surface area contributed by atoms with Crippen LogP contribution in [-0.4, -0.2) is 17.7 Å². The molecule has 3 amide bonds. The summed E-state index contributed by atoms with van der Waals surface area (Å²) >= 11 is 13.7. The van der Waals surface area contributed by atoms with Gasteiger partial charge in [0, 0.05) is 31.9 Å². The lowest BCUT2D eigenvalue weighted by Gasteiger charge is -2.18. The largest absolute Gasteiger partial charge is 0.325 e. The lowest BCUT2D eigenvalue weighted by Crippen LogP contribution is -2.30.